The quantitative estimate of drug-likeness (QED) is 0.672. The van der Waals surface area contributed by atoms with E-state index in [2.05, 4.69) is 20.3 Å². The zero-order valence-electron chi connectivity index (χ0n) is 8.41. The van der Waals surface area contributed by atoms with Crippen molar-refractivity contribution in [3.8, 4) is 0 Å². The van der Waals surface area contributed by atoms with E-state index in [9.17, 15) is 4.79 Å². The van der Waals surface area contributed by atoms with Gasteiger partial charge in [-0.3, -0.25) is 9.89 Å². The number of carbonyl (C=O) groups is 1. The normalized spacial score (nSPS) is 12.4. The Kier molecular flexibility index (Phi) is 4.12. The van der Waals surface area contributed by atoms with Gasteiger partial charge in [0.1, 0.15) is 6.04 Å². The lowest BCUT2D eigenvalue weighted by molar-refractivity contribution is -0.143. The van der Waals surface area contributed by atoms with Crippen molar-refractivity contribution in [1.82, 2.24) is 15.5 Å². The summed E-state index contributed by atoms with van der Waals surface area (Å²) in [6.07, 6.45) is 4.22. The van der Waals surface area contributed by atoms with Gasteiger partial charge in [0.05, 0.1) is 13.3 Å². The maximum atomic E-state index is 11.2. The number of aromatic amines is 1. The number of hydrogen-bond donors (Lipinski definition) is 2. The Bertz CT molecular complexity index is 272. The average Bonchev–Trinajstić information content (AvgIpc) is 2.71. The molecule has 1 atom stereocenters. The number of hydrogen-bond acceptors (Lipinski definition) is 4. The number of rotatable bonds is 5. The van der Waals surface area contributed by atoms with Crippen LogP contribution in [0.2, 0.25) is 0 Å². The van der Waals surface area contributed by atoms with Gasteiger partial charge in [0.2, 0.25) is 0 Å². The molecule has 0 saturated carbocycles. The highest BCUT2D eigenvalue weighted by Crippen LogP contribution is 1.98. The standard InChI is InChI=1S/C9H15N3O2/c1-3-8(9(13)14-2)10-4-7-5-11-12-6-7/h5-6,8,10H,3-4H2,1-2H3,(H,11,12). The minimum atomic E-state index is -0.241. The van der Waals surface area contributed by atoms with Crippen LogP contribution in [0.15, 0.2) is 12.4 Å². The molecule has 5 heteroatoms. The Morgan fingerprint density at radius 1 is 1.79 bits per heavy atom. The molecular weight excluding hydrogens is 182 g/mol. The molecule has 0 aliphatic rings. The number of ether oxygens (including phenoxy) is 1. The molecule has 0 spiro atoms. The SMILES string of the molecule is CCC(NCc1cn[nH]c1)C(=O)OC. The molecule has 1 aromatic heterocycles. The highest BCUT2D eigenvalue weighted by Gasteiger charge is 2.15. The first-order valence-electron chi connectivity index (χ1n) is 4.56. The fourth-order valence-electron chi connectivity index (χ4n) is 1.15. The van der Waals surface area contributed by atoms with E-state index in [0.717, 1.165) is 5.56 Å². The van der Waals surface area contributed by atoms with E-state index in [1.54, 1.807) is 12.4 Å². The van der Waals surface area contributed by atoms with Crippen LogP contribution in [0, 0.1) is 0 Å². The van der Waals surface area contributed by atoms with Crippen molar-refractivity contribution in [2.75, 3.05) is 7.11 Å². The predicted molar refractivity (Wildman–Crippen MR) is 51.5 cm³/mol. The highest BCUT2D eigenvalue weighted by atomic mass is 16.5. The molecule has 0 aromatic carbocycles. The van der Waals surface area contributed by atoms with Gasteiger partial charge in [-0.1, -0.05) is 6.92 Å². The second-order valence-corrected chi connectivity index (χ2v) is 2.97. The summed E-state index contributed by atoms with van der Waals surface area (Å²) in [5, 5.41) is 9.61. The fourth-order valence-corrected chi connectivity index (χ4v) is 1.15. The van der Waals surface area contributed by atoms with Crippen molar-refractivity contribution < 1.29 is 9.53 Å². The summed E-state index contributed by atoms with van der Waals surface area (Å²) in [6.45, 7) is 2.55. The summed E-state index contributed by atoms with van der Waals surface area (Å²) in [7, 11) is 1.39. The highest BCUT2D eigenvalue weighted by molar-refractivity contribution is 5.75. The van der Waals surface area contributed by atoms with Crippen LogP contribution >= 0.6 is 0 Å². The third-order valence-corrected chi connectivity index (χ3v) is 2.00. The zero-order valence-corrected chi connectivity index (χ0v) is 8.41. The van der Waals surface area contributed by atoms with E-state index in [-0.39, 0.29) is 12.0 Å². The molecule has 0 fully saturated rings. The summed E-state index contributed by atoms with van der Waals surface area (Å²) in [6, 6.07) is -0.241. The van der Waals surface area contributed by atoms with Gasteiger partial charge in [-0.05, 0) is 6.42 Å². The van der Waals surface area contributed by atoms with Crippen LogP contribution in [0.1, 0.15) is 18.9 Å². The molecule has 0 aliphatic carbocycles. The number of aromatic nitrogens is 2. The van der Waals surface area contributed by atoms with E-state index in [1.165, 1.54) is 7.11 Å². The number of H-pyrrole nitrogens is 1. The molecule has 1 heterocycles. The van der Waals surface area contributed by atoms with Gasteiger partial charge in [0.15, 0.2) is 0 Å². The van der Waals surface area contributed by atoms with Gasteiger partial charge in [-0.2, -0.15) is 5.10 Å². The molecule has 0 amide bonds. The second kappa shape index (κ2) is 5.39. The third-order valence-electron chi connectivity index (χ3n) is 2.00. The van der Waals surface area contributed by atoms with Crippen molar-refractivity contribution in [2.24, 2.45) is 0 Å². The molecule has 1 rings (SSSR count). The lowest BCUT2D eigenvalue weighted by Crippen LogP contribution is -2.36. The van der Waals surface area contributed by atoms with Crippen LogP contribution in [0.3, 0.4) is 0 Å². The summed E-state index contributed by atoms with van der Waals surface area (Å²) >= 11 is 0. The molecule has 5 nitrogen and oxygen atoms in total. The third kappa shape index (κ3) is 2.85. The minimum absolute atomic E-state index is 0.226. The smallest absolute Gasteiger partial charge is 0.322 e. The molecule has 78 valence electrons. The van der Waals surface area contributed by atoms with Gasteiger partial charge < -0.3 is 10.1 Å². The lowest BCUT2D eigenvalue weighted by atomic mass is 10.2. The number of methoxy groups -OCH3 is 1. The minimum Gasteiger partial charge on any atom is -0.468 e. The molecule has 0 bridgehead atoms. The first-order valence-corrected chi connectivity index (χ1v) is 4.56. The Morgan fingerprint density at radius 2 is 2.57 bits per heavy atom. The van der Waals surface area contributed by atoms with Gasteiger partial charge in [-0.15, -0.1) is 0 Å². The topological polar surface area (TPSA) is 67.0 Å². The summed E-state index contributed by atoms with van der Waals surface area (Å²) < 4.78 is 4.65. The molecule has 0 saturated heterocycles. The van der Waals surface area contributed by atoms with E-state index < -0.39 is 0 Å². The maximum absolute atomic E-state index is 11.2. The van der Waals surface area contributed by atoms with Crippen molar-refractivity contribution in [1.29, 1.82) is 0 Å². The van der Waals surface area contributed by atoms with Crippen molar-refractivity contribution in [3.63, 3.8) is 0 Å². The van der Waals surface area contributed by atoms with Crippen LogP contribution in [0.25, 0.3) is 0 Å². The number of nitrogens with zero attached hydrogens (tertiary/aromatic N) is 1. The second-order valence-electron chi connectivity index (χ2n) is 2.97. The summed E-state index contributed by atoms with van der Waals surface area (Å²) in [5.41, 5.74) is 1.02. The van der Waals surface area contributed by atoms with Gasteiger partial charge in [0.25, 0.3) is 0 Å². The van der Waals surface area contributed by atoms with Crippen molar-refractivity contribution >= 4 is 5.97 Å². The van der Waals surface area contributed by atoms with Crippen LogP contribution in [0.5, 0.6) is 0 Å². The summed E-state index contributed by atoms with van der Waals surface area (Å²) in [4.78, 5) is 11.2. The average molecular weight is 197 g/mol. The number of nitrogens with one attached hydrogen (secondary N) is 2. The van der Waals surface area contributed by atoms with E-state index in [1.807, 2.05) is 6.92 Å². The maximum Gasteiger partial charge on any atom is 0.322 e. The molecule has 14 heavy (non-hydrogen) atoms. The van der Waals surface area contributed by atoms with Gasteiger partial charge in [0, 0.05) is 18.3 Å². The first kappa shape index (κ1) is 10.7. The molecule has 1 aromatic rings. The van der Waals surface area contributed by atoms with Crippen LogP contribution < -0.4 is 5.32 Å². The molecular formula is C9H15N3O2. The van der Waals surface area contributed by atoms with Gasteiger partial charge in [-0.25, -0.2) is 0 Å². The Morgan fingerprint density at radius 3 is 3.07 bits per heavy atom. The Balaban J connectivity index is 2.38. The van der Waals surface area contributed by atoms with Crippen molar-refractivity contribution in [3.05, 3.63) is 18.0 Å². The first-order chi connectivity index (χ1) is 6.77. The monoisotopic (exact) mass is 197 g/mol. The van der Waals surface area contributed by atoms with Crippen LogP contribution in [-0.2, 0) is 16.1 Å². The van der Waals surface area contributed by atoms with Gasteiger partial charge >= 0.3 is 5.97 Å². The fraction of sp³-hybridized carbons (Fsp3) is 0.556. The predicted octanol–water partition coefficient (Wildman–Crippen LogP) is 0.451. The lowest BCUT2D eigenvalue weighted by Gasteiger charge is -2.13. The van der Waals surface area contributed by atoms with Crippen LogP contribution in [0.4, 0.5) is 0 Å². The molecule has 0 radical (unpaired) electrons. The molecule has 0 aliphatic heterocycles. The van der Waals surface area contributed by atoms with Crippen LogP contribution in [-0.4, -0.2) is 29.3 Å². The van der Waals surface area contributed by atoms with Crippen molar-refractivity contribution in [2.45, 2.75) is 25.9 Å². The molecule has 1 unspecified atom stereocenters. The van der Waals surface area contributed by atoms with E-state index in [4.69, 9.17) is 0 Å². The van der Waals surface area contributed by atoms with E-state index >= 15 is 0 Å². The number of esters is 1. The summed E-state index contributed by atoms with van der Waals surface area (Å²) in [5.74, 6) is -0.226. The Labute approximate surface area is 82.8 Å². The van der Waals surface area contributed by atoms with E-state index in [0.29, 0.717) is 13.0 Å². The largest absolute Gasteiger partial charge is 0.468 e. The zero-order chi connectivity index (χ0) is 10.4. The number of carbonyl (C=O) groups excluding carboxylic acids is 1. The molecule has 2 N–H and O–H groups in total. The Hall–Kier alpha value is -1.36.